The molecule has 0 bridgehead atoms. The van der Waals surface area contributed by atoms with Gasteiger partial charge in [0, 0.05) is 12.1 Å². The number of benzene rings is 2. The molecule has 3 aromatic rings. The van der Waals surface area contributed by atoms with E-state index in [1.807, 2.05) is 12.1 Å². The fourth-order valence-corrected chi connectivity index (χ4v) is 2.75. The third kappa shape index (κ3) is 3.48. The van der Waals surface area contributed by atoms with E-state index in [0.717, 1.165) is 5.56 Å². The van der Waals surface area contributed by atoms with Gasteiger partial charge in [0.15, 0.2) is 5.43 Å². The van der Waals surface area contributed by atoms with Gasteiger partial charge >= 0.3 is 0 Å². The van der Waals surface area contributed by atoms with Crippen LogP contribution in [-0.4, -0.2) is 0 Å². The second-order valence-electron chi connectivity index (χ2n) is 5.35. The molecule has 0 saturated heterocycles. The van der Waals surface area contributed by atoms with E-state index in [-0.39, 0.29) is 5.43 Å². The van der Waals surface area contributed by atoms with Crippen molar-refractivity contribution in [2.75, 3.05) is 0 Å². The van der Waals surface area contributed by atoms with Crippen molar-refractivity contribution in [3.8, 4) is 22.6 Å². The van der Waals surface area contributed by atoms with Crippen LogP contribution in [0.4, 0.5) is 0 Å². The van der Waals surface area contributed by atoms with Crippen molar-refractivity contribution in [3.05, 3.63) is 80.3 Å². The van der Waals surface area contributed by atoms with Gasteiger partial charge in [0.25, 0.3) is 0 Å². The molecule has 0 aliphatic rings. The first-order valence-electron chi connectivity index (χ1n) is 7.29. The van der Waals surface area contributed by atoms with Gasteiger partial charge in [-0.25, -0.2) is 0 Å². The van der Waals surface area contributed by atoms with Gasteiger partial charge in [0.05, 0.1) is 15.6 Å². The largest absolute Gasteiger partial charge is 0.466 e. The van der Waals surface area contributed by atoms with Crippen LogP contribution in [0.15, 0.2) is 57.7 Å². The average molecular weight is 361 g/mol. The molecule has 1 aromatic heterocycles. The molecule has 24 heavy (non-hydrogen) atoms. The topological polar surface area (TPSA) is 39.4 Å². The summed E-state index contributed by atoms with van der Waals surface area (Å²) in [4.78, 5) is 12.2. The molecule has 0 amide bonds. The third-order valence-corrected chi connectivity index (χ3v) is 4.26. The van der Waals surface area contributed by atoms with Gasteiger partial charge in [-0.3, -0.25) is 4.79 Å². The highest BCUT2D eigenvalue weighted by atomic mass is 35.5. The van der Waals surface area contributed by atoms with Crippen molar-refractivity contribution in [3.63, 3.8) is 0 Å². The van der Waals surface area contributed by atoms with E-state index in [0.29, 0.717) is 38.6 Å². The quantitative estimate of drug-likeness (QED) is 0.572. The van der Waals surface area contributed by atoms with Crippen LogP contribution in [0, 0.1) is 13.8 Å². The van der Waals surface area contributed by atoms with Crippen LogP contribution in [0.5, 0.6) is 11.5 Å². The number of rotatable bonds is 3. The lowest BCUT2D eigenvalue weighted by Gasteiger charge is -2.09. The standard InChI is InChI=1S/C19H14Cl2O3/c1-11-9-18(22)19(12(2)23-11)13-3-5-14(6-4-13)24-15-7-8-16(20)17(21)10-15/h3-10H,1-2H3. The molecule has 0 atom stereocenters. The Bertz CT molecular complexity index is 944. The third-order valence-electron chi connectivity index (χ3n) is 3.52. The summed E-state index contributed by atoms with van der Waals surface area (Å²) in [6, 6.07) is 13.8. The van der Waals surface area contributed by atoms with Gasteiger partial charge in [0.1, 0.15) is 23.0 Å². The molecule has 1 heterocycles. The number of aryl methyl sites for hydroxylation is 2. The Morgan fingerprint density at radius 3 is 2.17 bits per heavy atom. The maximum atomic E-state index is 12.2. The first kappa shape index (κ1) is 16.6. The second kappa shape index (κ2) is 6.71. The van der Waals surface area contributed by atoms with Crippen LogP contribution in [0.1, 0.15) is 11.5 Å². The molecule has 0 fully saturated rings. The summed E-state index contributed by atoms with van der Waals surface area (Å²) >= 11 is 11.9. The predicted molar refractivity (Wildman–Crippen MR) is 96.4 cm³/mol. The molecule has 0 spiro atoms. The molecule has 0 aliphatic carbocycles. The van der Waals surface area contributed by atoms with Crippen molar-refractivity contribution in [2.24, 2.45) is 0 Å². The van der Waals surface area contributed by atoms with E-state index in [4.69, 9.17) is 32.4 Å². The molecule has 3 rings (SSSR count). The first-order valence-corrected chi connectivity index (χ1v) is 8.04. The van der Waals surface area contributed by atoms with Gasteiger partial charge in [-0.1, -0.05) is 35.3 Å². The summed E-state index contributed by atoms with van der Waals surface area (Å²) in [7, 11) is 0. The fraction of sp³-hybridized carbons (Fsp3) is 0.105. The lowest BCUT2D eigenvalue weighted by atomic mass is 10.0. The molecule has 0 N–H and O–H groups in total. The normalized spacial score (nSPS) is 10.7. The zero-order valence-electron chi connectivity index (χ0n) is 13.1. The molecule has 3 nitrogen and oxygen atoms in total. The zero-order chi connectivity index (χ0) is 17.3. The highest BCUT2D eigenvalue weighted by Crippen LogP contribution is 2.30. The summed E-state index contributed by atoms with van der Waals surface area (Å²) in [5.41, 5.74) is 1.28. The predicted octanol–water partition coefficient (Wildman–Crippen LogP) is 6.02. The summed E-state index contributed by atoms with van der Waals surface area (Å²) in [5.74, 6) is 2.41. The summed E-state index contributed by atoms with van der Waals surface area (Å²) in [5, 5.41) is 0.902. The SMILES string of the molecule is Cc1cc(=O)c(-c2ccc(Oc3ccc(Cl)c(Cl)c3)cc2)c(C)o1. The van der Waals surface area contributed by atoms with Crippen molar-refractivity contribution >= 4 is 23.2 Å². The van der Waals surface area contributed by atoms with E-state index < -0.39 is 0 Å². The van der Waals surface area contributed by atoms with Gasteiger partial charge in [0.2, 0.25) is 0 Å². The summed E-state index contributed by atoms with van der Waals surface area (Å²) < 4.78 is 11.3. The van der Waals surface area contributed by atoms with Crippen LogP contribution < -0.4 is 10.2 Å². The molecule has 0 radical (unpaired) electrons. The Labute approximate surface area is 149 Å². The van der Waals surface area contributed by atoms with E-state index in [2.05, 4.69) is 0 Å². The van der Waals surface area contributed by atoms with Gasteiger partial charge in [-0.05, 0) is 43.7 Å². The lowest BCUT2D eigenvalue weighted by molar-refractivity contribution is 0.482. The van der Waals surface area contributed by atoms with Gasteiger partial charge in [-0.2, -0.15) is 0 Å². The minimum absolute atomic E-state index is 0.0607. The van der Waals surface area contributed by atoms with Gasteiger partial charge in [-0.15, -0.1) is 0 Å². The maximum absolute atomic E-state index is 12.2. The molecule has 2 aromatic carbocycles. The highest BCUT2D eigenvalue weighted by molar-refractivity contribution is 6.42. The monoisotopic (exact) mass is 360 g/mol. The fourth-order valence-electron chi connectivity index (χ4n) is 2.46. The van der Waals surface area contributed by atoms with Crippen LogP contribution in [0.3, 0.4) is 0 Å². The Hall–Kier alpha value is -2.23. The Kier molecular flexibility index (Phi) is 4.65. The summed E-state index contributed by atoms with van der Waals surface area (Å²) in [6.07, 6.45) is 0. The lowest BCUT2D eigenvalue weighted by Crippen LogP contribution is -2.06. The van der Waals surface area contributed by atoms with E-state index in [1.54, 1.807) is 44.2 Å². The first-order chi connectivity index (χ1) is 11.4. The van der Waals surface area contributed by atoms with Crippen molar-refractivity contribution in [1.29, 1.82) is 0 Å². The number of halogens is 2. The van der Waals surface area contributed by atoms with Crippen LogP contribution in [0.2, 0.25) is 10.0 Å². The molecule has 0 saturated carbocycles. The molecule has 122 valence electrons. The minimum Gasteiger partial charge on any atom is -0.466 e. The Morgan fingerprint density at radius 1 is 0.875 bits per heavy atom. The Morgan fingerprint density at radius 2 is 1.54 bits per heavy atom. The molecule has 0 aliphatic heterocycles. The van der Waals surface area contributed by atoms with E-state index in [9.17, 15) is 4.79 Å². The minimum atomic E-state index is -0.0607. The number of hydrogen-bond acceptors (Lipinski definition) is 3. The van der Waals surface area contributed by atoms with E-state index in [1.165, 1.54) is 6.07 Å². The number of hydrogen-bond donors (Lipinski definition) is 0. The van der Waals surface area contributed by atoms with Crippen molar-refractivity contribution < 1.29 is 9.15 Å². The molecular weight excluding hydrogens is 347 g/mol. The molecule has 0 unspecified atom stereocenters. The second-order valence-corrected chi connectivity index (χ2v) is 6.17. The van der Waals surface area contributed by atoms with Crippen LogP contribution >= 0.6 is 23.2 Å². The average Bonchev–Trinajstić information content (AvgIpc) is 2.52. The molecular formula is C19H14Cl2O3. The Balaban J connectivity index is 1.88. The zero-order valence-corrected chi connectivity index (χ0v) is 14.6. The van der Waals surface area contributed by atoms with Crippen LogP contribution in [-0.2, 0) is 0 Å². The van der Waals surface area contributed by atoms with Crippen molar-refractivity contribution in [1.82, 2.24) is 0 Å². The smallest absolute Gasteiger partial charge is 0.193 e. The van der Waals surface area contributed by atoms with Crippen LogP contribution in [0.25, 0.3) is 11.1 Å². The number of ether oxygens (including phenoxy) is 1. The van der Waals surface area contributed by atoms with E-state index >= 15 is 0 Å². The molecule has 5 heteroatoms. The highest BCUT2D eigenvalue weighted by Gasteiger charge is 2.10. The summed E-state index contributed by atoms with van der Waals surface area (Å²) in [6.45, 7) is 3.54. The van der Waals surface area contributed by atoms with Crippen molar-refractivity contribution in [2.45, 2.75) is 13.8 Å². The van der Waals surface area contributed by atoms with Gasteiger partial charge < -0.3 is 9.15 Å². The maximum Gasteiger partial charge on any atom is 0.193 e.